The largest absolute Gasteiger partial charge is 1.00 e. The number of aryl methyl sites for hydroxylation is 1. The molecule has 0 spiro atoms. The summed E-state index contributed by atoms with van der Waals surface area (Å²) in [6.07, 6.45) is 11.8. The van der Waals surface area contributed by atoms with Gasteiger partial charge >= 0.3 is 5.97 Å². The highest BCUT2D eigenvalue weighted by Crippen LogP contribution is 2.44. The van der Waals surface area contributed by atoms with E-state index in [0.29, 0.717) is 18.0 Å². The van der Waals surface area contributed by atoms with Gasteiger partial charge in [0.25, 0.3) is 0 Å². The van der Waals surface area contributed by atoms with Crippen LogP contribution in [0.5, 0.6) is 0 Å². The summed E-state index contributed by atoms with van der Waals surface area (Å²) in [6.45, 7) is 3.31. The molecule has 3 unspecified atom stereocenters. The van der Waals surface area contributed by atoms with Gasteiger partial charge in [-0.3, -0.25) is 4.79 Å². The lowest BCUT2D eigenvalue weighted by molar-refractivity contribution is -0.961. The Morgan fingerprint density at radius 1 is 0.886 bits per heavy atom. The van der Waals surface area contributed by atoms with Gasteiger partial charge in [-0.25, -0.2) is 0 Å². The molecule has 35 heavy (non-hydrogen) atoms. The summed E-state index contributed by atoms with van der Waals surface area (Å²) in [4.78, 5) is 13.6. The standard InChI is InChI=1S/C31H42NO2.BrH/c1-3-23-14-16-24(17-15-23)22-32(2)27-18-19-28(32)21-29(20-27)34-31(33)30(25-10-6-4-7-11-25)26-12-8-5-9-13-26;/h4,6-7,10-11,14-17,26-30H,3,5,8-9,12-13,18-22H2,1-2H3;1H/q+1;/p-1. The first-order chi connectivity index (χ1) is 16.6. The maximum atomic E-state index is 13.6. The highest BCUT2D eigenvalue weighted by molar-refractivity contribution is 5.78. The van der Waals surface area contributed by atoms with Gasteiger partial charge < -0.3 is 26.2 Å². The highest BCUT2D eigenvalue weighted by Gasteiger charge is 2.52. The van der Waals surface area contributed by atoms with Crippen molar-refractivity contribution in [2.45, 2.75) is 102 Å². The topological polar surface area (TPSA) is 26.3 Å². The second-order valence-corrected chi connectivity index (χ2v) is 11.4. The van der Waals surface area contributed by atoms with Crippen LogP contribution in [-0.4, -0.2) is 35.7 Å². The van der Waals surface area contributed by atoms with Crippen LogP contribution in [0.2, 0.25) is 0 Å². The predicted molar refractivity (Wildman–Crippen MR) is 137 cm³/mol. The third-order valence-corrected chi connectivity index (χ3v) is 9.34. The van der Waals surface area contributed by atoms with Crippen LogP contribution in [0.4, 0.5) is 0 Å². The van der Waals surface area contributed by atoms with E-state index in [-0.39, 0.29) is 35.0 Å². The van der Waals surface area contributed by atoms with Crippen molar-refractivity contribution < 1.29 is 31.0 Å². The fourth-order valence-electron chi connectivity index (χ4n) is 7.29. The molecule has 190 valence electrons. The SMILES string of the molecule is CCc1ccc(C[N+]2(C)C3CCC2CC(OC(=O)C(c2ccccc2)C2CCCCC2)C3)cc1.[Br-]. The van der Waals surface area contributed by atoms with Crippen molar-refractivity contribution in [3.63, 3.8) is 0 Å². The van der Waals surface area contributed by atoms with Crippen molar-refractivity contribution in [3.05, 3.63) is 71.3 Å². The second-order valence-electron chi connectivity index (χ2n) is 11.4. The number of ether oxygens (including phenoxy) is 1. The van der Waals surface area contributed by atoms with E-state index < -0.39 is 0 Å². The van der Waals surface area contributed by atoms with Gasteiger partial charge in [-0.2, -0.15) is 0 Å². The molecule has 5 rings (SSSR count). The number of hydrogen-bond acceptors (Lipinski definition) is 2. The third-order valence-electron chi connectivity index (χ3n) is 9.34. The maximum absolute atomic E-state index is 13.6. The Bertz CT molecular complexity index is 940. The highest BCUT2D eigenvalue weighted by atomic mass is 79.9. The summed E-state index contributed by atoms with van der Waals surface area (Å²) in [6, 6.07) is 20.8. The number of halogens is 1. The van der Waals surface area contributed by atoms with E-state index in [2.05, 4.69) is 62.5 Å². The predicted octanol–water partition coefficient (Wildman–Crippen LogP) is 3.80. The zero-order chi connectivity index (χ0) is 23.5. The summed E-state index contributed by atoms with van der Waals surface area (Å²) in [5.41, 5.74) is 3.99. The molecule has 3 nitrogen and oxygen atoms in total. The smallest absolute Gasteiger partial charge is 0.313 e. The molecule has 0 N–H and O–H groups in total. The summed E-state index contributed by atoms with van der Waals surface area (Å²) >= 11 is 0. The monoisotopic (exact) mass is 539 g/mol. The van der Waals surface area contributed by atoms with Crippen LogP contribution in [0.15, 0.2) is 54.6 Å². The lowest BCUT2D eigenvalue weighted by Crippen LogP contribution is -3.00. The Balaban J connectivity index is 0.00000289. The van der Waals surface area contributed by atoms with E-state index >= 15 is 0 Å². The molecule has 0 amide bonds. The third kappa shape index (κ3) is 5.69. The molecule has 2 aromatic carbocycles. The number of rotatable bonds is 7. The quantitative estimate of drug-likeness (QED) is 0.395. The van der Waals surface area contributed by atoms with Crippen LogP contribution in [0, 0.1) is 5.92 Å². The Morgan fingerprint density at radius 2 is 1.49 bits per heavy atom. The average molecular weight is 541 g/mol. The van der Waals surface area contributed by atoms with Crippen LogP contribution in [0.25, 0.3) is 0 Å². The summed E-state index contributed by atoms with van der Waals surface area (Å²) in [7, 11) is 2.45. The lowest BCUT2D eigenvalue weighted by atomic mass is 9.77. The van der Waals surface area contributed by atoms with E-state index in [9.17, 15) is 4.79 Å². The number of quaternary nitrogens is 1. The van der Waals surface area contributed by atoms with Gasteiger partial charge in [-0.1, -0.05) is 80.8 Å². The number of piperidine rings is 1. The summed E-state index contributed by atoms with van der Waals surface area (Å²) in [5.74, 6) is 0.365. The minimum absolute atomic E-state index is 0. The molecule has 2 bridgehead atoms. The summed E-state index contributed by atoms with van der Waals surface area (Å²) < 4.78 is 7.48. The fourth-order valence-corrected chi connectivity index (χ4v) is 7.29. The lowest BCUT2D eigenvalue weighted by Gasteiger charge is -2.47. The molecule has 2 heterocycles. The number of carbonyl (C=O) groups excluding carboxylic acids is 1. The number of nitrogens with zero attached hydrogens (tertiary/aromatic N) is 1. The number of benzene rings is 2. The van der Waals surface area contributed by atoms with E-state index in [0.717, 1.165) is 48.7 Å². The van der Waals surface area contributed by atoms with Crippen molar-refractivity contribution in [1.82, 2.24) is 0 Å². The van der Waals surface area contributed by atoms with Crippen LogP contribution < -0.4 is 17.0 Å². The second kappa shape index (κ2) is 11.6. The Morgan fingerprint density at radius 3 is 2.09 bits per heavy atom. The molecule has 4 heteroatoms. The molecule has 2 aromatic rings. The molecule has 2 saturated heterocycles. The molecular weight excluding hydrogens is 498 g/mol. The molecule has 1 aliphatic carbocycles. The van der Waals surface area contributed by atoms with Crippen LogP contribution in [0.1, 0.15) is 87.3 Å². The minimum atomic E-state index is -0.0981. The minimum Gasteiger partial charge on any atom is -1.00 e. The van der Waals surface area contributed by atoms with E-state index in [1.54, 1.807) is 0 Å². The Kier molecular flexibility index (Phi) is 8.76. The number of carbonyl (C=O) groups is 1. The van der Waals surface area contributed by atoms with Crippen molar-refractivity contribution in [2.24, 2.45) is 5.92 Å². The van der Waals surface area contributed by atoms with Gasteiger partial charge in [0.05, 0.1) is 25.0 Å². The molecule has 3 aliphatic rings. The van der Waals surface area contributed by atoms with Crippen LogP contribution >= 0.6 is 0 Å². The Hall–Kier alpha value is -1.65. The first-order valence-corrected chi connectivity index (χ1v) is 13.7. The van der Waals surface area contributed by atoms with E-state index in [1.807, 2.05) is 6.07 Å². The van der Waals surface area contributed by atoms with Crippen molar-refractivity contribution in [1.29, 1.82) is 0 Å². The van der Waals surface area contributed by atoms with Gasteiger partial charge in [-0.15, -0.1) is 0 Å². The first-order valence-electron chi connectivity index (χ1n) is 13.7. The zero-order valence-corrected chi connectivity index (χ0v) is 23.1. The molecule has 0 radical (unpaired) electrons. The molecule has 0 aromatic heterocycles. The van der Waals surface area contributed by atoms with Gasteiger partial charge in [0, 0.05) is 31.2 Å². The first kappa shape index (κ1) is 26.4. The molecule has 3 fully saturated rings. The van der Waals surface area contributed by atoms with Crippen molar-refractivity contribution in [3.8, 4) is 0 Å². The molecule has 3 atom stereocenters. The number of fused-ring (bicyclic) bond motifs is 2. The van der Waals surface area contributed by atoms with Crippen molar-refractivity contribution >= 4 is 5.97 Å². The van der Waals surface area contributed by atoms with Crippen molar-refractivity contribution in [2.75, 3.05) is 7.05 Å². The van der Waals surface area contributed by atoms with Gasteiger partial charge in [0.1, 0.15) is 12.6 Å². The van der Waals surface area contributed by atoms with Gasteiger partial charge in [0.15, 0.2) is 0 Å². The van der Waals surface area contributed by atoms with E-state index in [4.69, 9.17) is 4.74 Å². The van der Waals surface area contributed by atoms with Crippen LogP contribution in [0.3, 0.4) is 0 Å². The summed E-state index contributed by atoms with van der Waals surface area (Å²) in [5, 5.41) is 0. The maximum Gasteiger partial charge on any atom is 0.313 e. The molecule has 2 aliphatic heterocycles. The average Bonchev–Trinajstić information content (AvgIpc) is 3.02. The molecular formula is C31H42BrNO2. The fraction of sp³-hybridized carbons (Fsp3) is 0.581. The number of hydrogen-bond donors (Lipinski definition) is 0. The normalized spacial score (nSPS) is 29.3. The zero-order valence-electron chi connectivity index (χ0n) is 21.5. The Labute approximate surface area is 222 Å². The van der Waals surface area contributed by atoms with Crippen LogP contribution in [-0.2, 0) is 22.5 Å². The van der Waals surface area contributed by atoms with E-state index in [1.165, 1.54) is 43.2 Å². The van der Waals surface area contributed by atoms with Gasteiger partial charge in [0.2, 0.25) is 0 Å². The van der Waals surface area contributed by atoms with Gasteiger partial charge in [-0.05, 0) is 36.3 Å². The molecule has 1 saturated carbocycles. The number of esters is 1.